The first-order chi connectivity index (χ1) is 19.9. The third-order valence-corrected chi connectivity index (χ3v) is 8.58. The van der Waals surface area contributed by atoms with Gasteiger partial charge in [0.2, 0.25) is 5.91 Å². The van der Waals surface area contributed by atoms with E-state index in [0.717, 1.165) is 22.6 Å². The summed E-state index contributed by atoms with van der Waals surface area (Å²) >= 11 is 0. The van der Waals surface area contributed by atoms with Gasteiger partial charge in [-0.3, -0.25) is 14.6 Å². The standard InChI is InChI=1S/C29H25F6N5O2/c1-14-17(23-19(30)4-5-20(31)24(23)32)8-21(27(42)40(14)13-29(33,34)35)39-26(41)16-7-15-9-28(10-22(15)37-11-16)12-38-25-18(28)3-2-6-36-25/h2-7,11,14,17,21H,8-10,12-13H2,1H3,(H,36,38)(H,39,41)/t14-,17-,21+,28-/m1/s1. The van der Waals surface area contributed by atoms with Gasteiger partial charge in [-0.15, -0.1) is 0 Å². The predicted octanol–water partition coefficient (Wildman–Crippen LogP) is 4.42. The molecule has 13 heteroatoms. The lowest BCUT2D eigenvalue weighted by Gasteiger charge is -2.43. The van der Waals surface area contributed by atoms with E-state index in [1.165, 1.54) is 13.1 Å². The number of carbonyl (C=O) groups excluding carboxylic acids is 2. The number of nitrogens with zero attached hydrogens (tertiary/aromatic N) is 3. The third kappa shape index (κ3) is 4.74. The molecular weight excluding hydrogens is 564 g/mol. The summed E-state index contributed by atoms with van der Waals surface area (Å²) in [5, 5.41) is 5.74. The lowest BCUT2D eigenvalue weighted by atomic mass is 9.80. The van der Waals surface area contributed by atoms with Gasteiger partial charge in [0.1, 0.15) is 24.2 Å². The van der Waals surface area contributed by atoms with Crippen molar-refractivity contribution in [3.05, 3.63) is 88.1 Å². The number of nitrogens with one attached hydrogen (secondary N) is 2. The summed E-state index contributed by atoms with van der Waals surface area (Å²) in [4.78, 5) is 35.7. The van der Waals surface area contributed by atoms with Gasteiger partial charge in [0.15, 0.2) is 11.6 Å². The van der Waals surface area contributed by atoms with Crippen LogP contribution in [0.15, 0.2) is 42.7 Å². The molecule has 1 spiro atoms. The minimum atomic E-state index is -4.83. The van der Waals surface area contributed by atoms with E-state index in [0.29, 0.717) is 36.4 Å². The lowest BCUT2D eigenvalue weighted by Crippen LogP contribution is -2.60. The zero-order chi connectivity index (χ0) is 30.0. The zero-order valence-electron chi connectivity index (χ0n) is 22.2. The highest BCUT2D eigenvalue weighted by molar-refractivity contribution is 5.98. The van der Waals surface area contributed by atoms with Gasteiger partial charge in [0.05, 0.1) is 5.56 Å². The number of benzene rings is 1. The van der Waals surface area contributed by atoms with Crippen molar-refractivity contribution < 1.29 is 35.9 Å². The van der Waals surface area contributed by atoms with Gasteiger partial charge in [-0.2, -0.15) is 13.2 Å². The highest BCUT2D eigenvalue weighted by Gasteiger charge is 2.48. The fourth-order valence-corrected chi connectivity index (χ4v) is 6.55. The molecule has 4 heterocycles. The number of amides is 2. The monoisotopic (exact) mass is 589 g/mol. The van der Waals surface area contributed by atoms with E-state index >= 15 is 0 Å². The molecule has 1 saturated heterocycles. The molecule has 3 aromatic rings. The van der Waals surface area contributed by atoms with Crippen molar-refractivity contribution >= 4 is 17.6 Å². The van der Waals surface area contributed by atoms with Crippen LogP contribution >= 0.6 is 0 Å². The molecule has 1 fully saturated rings. The minimum absolute atomic E-state index is 0.0802. The SMILES string of the molecule is C[C@@H]1[C@H](c2c(F)ccc(F)c2F)C[C@H](NC(=O)c2cnc3c(c2)C[C@]2(CNc4ncccc42)C3)C(=O)N1CC(F)(F)F. The van der Waals surface area contributed by atoms with Crippen molar-refractivity contribution in [2.75, 3.05) is 18.4 Å². The Labute approximate surface area is 236 Å². The first kappa shape index (κ1) is 28.0. The maximum absolute atomic E-state index is 14.7. The summed E-state index contributed by atoms with van der Waals surface area (Å²) < 4.78 is 83.8. The second-order valence-corrected chi connectivity index (χ2v) is 11.2. The second-order valence-electron chi connectivity index (χ2n) is 11.2. The van der Waals surface area contributed by atoms with Crippen molar-refractivity contribution in [2.24, 2.45) is 0 Å². The number of aromatic nitrogens is 2. The van der Waals surface area contributed by atoms with Crippen molar-refractivity contribution in [1.29, 1.82) is 0 Å². The first-order valence-corrected chi connectivity index (χ1v) is 13.4. The third-order valence-electron chi connectivity index (χ3n) is 8.58. The molecule has 2 N–H and O–H groups in total. The van der Waals surface area contributed by atoms with E-state index in [1.54, 1.807) is 12.3 Å². The number of rotatable bonds is 4. The van der Waals surface area contributed by atoms with Crippen LogP contribution in [-0.4, -0.2) is 58.0 Å². The number of anilines is 1. The highest BCUT2D eigenvalue weighted by atomic mass is 19.4. The highest BCUT2D eigenvalue weighted by Crippen LogP contribution is 2.45. The molecule has 0 saturated carbocycles. The Balaban J connectivity index is 1.27. The van der Waals surface area contributed by atoms with Crippen molar-refractivity contribution in [3.8, 4) is 0 Å². The predicted molar refractivity (Wildman–Crippen MR) is 138 cm³/mol. The Hall–Kier alpha value is -4.16. The van der Waals surface area contributed by atoms with E-state index in [4.69, 9.17) is 0 Å². The quantitative estimate of drug-likeness (QED) is 0.348. The summed E-state index contributed by atoms with van der Waals surface area (Å²) in [5.74, 6) is -6.51. The molecule has 1 aliphatic carbocycles. The molecule has 2 aliphatic heterocycles. The van der Waals surface area contributed by atoms with Crippen LogP contribution in [0, 0.1) is 17.5 Å². The molecule has 220 valence electrons. The molecule has 0 bridgehead atoms. The Morgan fingerprint density at radius 1 is 1.14 bits per heavy atom. The van der Waals surface area contributed by atoms with Crippen LogP contribution in [0.25, 0.3) is 0 Å². The molecule has 1 aromatic carbocycles. The Bertz CT molecular complexity index is 1600. The smallest absolute Gasteiger partial charge is 0.369 e. The summed E-state index contributed by atoms with van der Waals surface area (Å²) in [6.45, 7) is 0.138. The van der Waals surface area contributed by atoms with Crippen LogP contribution in [0.1, 0.15) is 52.0 Å². The van der Waals surface area contributed by atoms with E-state index < -0.39 is 72.0 Å². The number of hydrogen-bond acceptors (Lipinski definition) is 5. The van der Waals surface area contributed by atoms with Crippen LogP contribution in [0.3, 0.4) is 0 Å². The van der Waals surface area contributed by atoms with E-state index in [2.05, 4.69) is 20.6 Å². The van der Waals surface area contributed by atoms with Crippen LogP contribution in [0.2, 0.25) is 0 Å². The second kappa shape index (κ2) is 9.99. The van der Waals surface area contributed by atoms with Crippen LogP contribution in [-0.2, 0) is 23.1 Å². The number of alkyl halides is 3. The Morgan fingerprint density at radius 3 is 2.67 bits per heavy atom. The zero-order valence-corrected chi connectivity index (χ0v) is 22.2. The molecule has 6 rings (SSSR count). The fraction of sp³-hybridized carbons (Fsp3) is 0.379. The average molecular weight is 590 g/mol. The lowest BCUT2D eigenvalue weighted by molar-refractivity contribution is -0.170. The Kier molecular flexibility index (Phi) is 6.65. The Morgan fingerprint density at radius 2 is 1.90 bits per heavy atom. The van der Waals surface area contributed by atoms with E-state index in [9.17, 15) is 35.9 Å². The van der Waals surface area contributed by atoms with Gasteiger partial charge in [-0.05, 0) is 49.6 Å². The van der Waals surface area contributed by atoms with Gasteiger partial charge >= 0.3 is 6.18 Å². The van der Waals surface area contributed by atoms with Crippen molar-refractivity contribution in [1.82, 2.24) is 20.2 Å². The van der Waals surface area contributed by atoms with Gasteiger partial charge < -0.3 is 15.5 Å². The summed E-state index contributed by atoms with van der Waals surface area (Å²) in [6, 6.07) is 3.82. The number of pyridine rings is 2. The topological polar surface area (TPSA) is 87.2 Å². The summed E-state index contributed by atoms with van der Waals surface area (Å²) in [6.07, 6.45) is -1.06. The van der Waals surface area contributed by atoms with Crippen LogP contribution in [0.4, 0.5) is 32.2 Å². The molecule has 2 aromatic heterocycles. The summed E-state index contributed by atoms with van der Waals surface area (Å²) in [7, 11) is 0. The van der Waals surface area contributed by atoms with E-state index in [1.807, 2.05) is 12.1 Å². The van der Waals surface area contributed by atoms with Crippen LogP contribution in [0.5, 0.6) is 0 Å². The van der Waals surface area contributed by atoms with Gasteiger partial charge in [0.25, 0.3) is 5.91 Å². The normalized spacial score (nSPS) is 24.9. The summed E-state index contributed by atoms with van der Waals surface area (Å²) in [5.41, 5.74) is 1.67. The minimum Gasteiger partial charge on any atom is -0.369 e. The maximum Gasteiger partial charge on any atom is 0.406 e. The number of likely N-dealkylation sites (tertiary alicyclic amines) is 1. The number of hydrogen-bond donors (Lipinski definition) is 2. The number of halogens is 6. The van der Waals surface area contributed by atoms with E-state index in [-0.39, 0.29) is 11.0 Å². The largest absolute Gasteiger partial charge is 0.406 e. The molecule has 42 heavy (non-hydrogen) atoms. The molecule has 4 atom stereocenters. The molecule has 2 amide bonds. The van der Waals surface area contributed by atoms with Crippen LogP contribution < -0.4 is 10.6 Å². The first-order valence-electron chi connectivity index (χ1n) is 13.4. The van der Waals surface area contributed by atoms with Crippen molar-refractivity contribution in [2.45, 2.75) is 55.8 Å². The molecule has 7 nitrogen and oxygen atoms in total. The molecule has 0 radical (unpaired) electrons. The molecule has 0 unspecified atom stereocenters. The van der Waals surface area contributed by atoms with Crippen molar-refractivity contribution in [3.63, 3.8) is 0 Å². The number of piperidine rings is 1. The van der Waals surface area contributed by atoms with Gasteiger partial charge in [-0.25, -0.2) is 18.2 Å². The molecule has 3 aliphatic rings. The average Bonchev–Trinajstić information content (AvgIpc) is 3.50. The fourth-order valence-electron chi connectivity index (χ4n) is 6.55. The number of fused-ring (bicyclic) bond motifs is 3. The van der Waals surface area contributed by atoms with Gasteiger partial charge in [0, 0.05) is 59.6 Å². The molecular formula is C29H25F6N5O2. The maximum atomic E-state index is 14.7. The number of carbonyl (C=O) groups is 2. The van der Waals surface area contributed by atoms with Gasteiger partial charge in [-0.1, -0.05) is 6.07 Å².